The number of nitrogens with one attached hydrogen (secondary N) is 1. The van der Waals surface area contributed by atoms with Crippen LogP contribution in [0.4, 0.5) is 0 Å². The molecule has 0 spiro atoms. The Morgan fingerprint density at radius 3 is 2.50 bits per heavy atom. The lowest BCUT2D eigenvalue weighted by atomic mass is 10.3. The summed E-state index contributed by atoms with van der Waals surface area (Å²) in [6.45, 7) is 0.248. The van der Waals surface area contributed by atoms with Crippen LogP contribution in [0.1, 0.15) is 25.7 Å². The Balaban J connectivity index is 1.80. The first-order valence-electron chi connectivity index (χ1n) is 8.55. The molecule has 0 heterocycles. The third-order valence-corrected chi connectivity index (χ3v) is 3.97. The van der Waals surface area contributed by atoms with Crippen molar-refractivity contribution in [1.82, 2.24) is 10.2 Å². The van der Waals surface area contributed by atoms with Gasteiger partial charge in [0, 0.05) is 25.6 Å². The number of hydrogen-bond acceptors (Lipinski definition) is 5. The molecule has 26 heavy (non-hydrogen) atoms. The van der Waals surface area contributed by atoms with Crippen molar-refractivity contribution in [1.29, 1.82) is 0 Å². The van der Waals surface area contributed by atoms with E-state index in [1.807, 2.05) is 6.07 Å². The molecule has 1 saturated carbocycles. The minimum Gasteiger partial charge on any atom is -0.493 e. The van der Waals surface area contributed by atoms with E-state index in [0.29, 0.717) is 11.5 Å². The Bertz CT molecular complexity index is 644. The second kappa shape index (κ2) is 9.65. The number of nitrogens with zero attached hydrogens (tertiary/aromatic N) is 1. The van der Waals surface area contributed by atoms with E-state index in [1.54, 1.807) is 23.1 Å². The Hall–Kier alpha value is -2.77. The fourth-order valence-electron chi connectivity index (χ4n) is 2.48. The molecule has 142 valence electrons. The van der Waals surface area contributed by atoms with Crippen molar-refractivity contribution in [3.8, 4) is 11.5 Å². The summed E-state index contributed by atoms with van der Waals surface area (Å²) in [6, 6.07) is 7.23. The number of para-hydroxylation sites is 2. The molecule has 8 heteroatoms. The Morgan fingerprint density at radius 1 is 1.19 bits per heavy atom. The summed E-state index contributed by atoms with van der Waals surface area (Å²) in [7, 11) is 1.53. The quantitative estimate of drug-likeness (QED) is 0.608. The van der Waals surface area contributed by atoms with Gasteiger partial charge in [-0.2, -0.15) is 0 Å². The molecule has 1 aliphatic carbocycles. The number of hydrogen-bond donors (Lipinski definition) is 2. The van der Waals surface area contributed by atoms with Gasteiger partial charge in [-0.25, -0.2) is 0 Å². The number of carbonyl (C=O) groups is 3. The van der Waals surface area contributed by atoms with Crippen LogP contribution in [0.2, 0.25) is 0 Å². The maximum atomic E-state index is 12.5. The number of carboxylic acid groups (broad SMARTS) is 1. The third-order valence-electron chi connectivity index (χ3n) is 3.97. The zero-order valence-corrected chi connectivity index (χ0v) is 14.8. The third kappa shape index (κ3) is 6.27. The van der Waals surface area contributed by atoms with E-state index in [4.69, 9.17) is 14.6 Å². The van der Waals surface area contributed by atoms with E-state index in [0.717, 1.165) is 12.8 Å². The van der Waals surface area contributed by atoms with Gasteiger partial charge in [-0.15, -0.1) is 0 Å². The van der Waals surface area contributed by atoms with Crippen molar-refractivity contribution >= 4 is 17.8 Å². The fraction of sp³-hybridized carbons (Fsp3) is 0.500. The monoisotopic (exact) mass is 364 g/mol. The van der Waals surface area contributed by atoms with Crippen LogP contribution in [0.3, 0.4) is 0 Å². The van der Waals surface area contributed by atoms with Gasteiger partial charge in [0.1, 0.15) is 0 Å². The smallest absolute Gasteiger partial charge is 0.305 e. The van der Waals surface area contributed by atoms with Gasteiger partial charge in [-0.1, -0.05) is 12.1 Å². The van der Waals surface area contributed by atoms with E-state index in [2.05, 4.69) is 5.32 Å². The standard InChI is InChI=1S/C18H24N2O6/c1-25-14-4-2-3-5-15(14)26-12-17(22)20(13-6-7-13)11-9-16(21)19-10-8-18(23)24/h2-5,13H,6-12H2,1H3,(H,19,21)(H,23,24). The molecule has 2 rings (SSSR count). The Morgan fingerprint density at radius 2 is 1.88 bits per heavy atom. The SMILES string of the molecule is COc1ccccc1OCC(=O)N(CCC(=O)NCCC(=O)O)C1CC1. The predicted octanol–water partition coefficient (Wildman–Crippen LogP) is 1.05. The first kappa shape index (κ1) is 19.6. The summed E-state index contributed by atoms with van der Waals surface area (Å²) < 4.78 is 10.8. The highest BCUT2D eigenvalue weighted by molar-refractivity contribution is 5.80. The summed E-state index contributed by atoms with van der Waals surface area (Å²) in [5.41, 5.74) is 0. The lowest BCUT2D eigenvalue weighted by Crippen LogP contribution is -2.39. The van der Waals surface area contributed by atoms with E-state index in [9.17, 15) is 14.4 Å². The van der Waals surface area contributed by atoms with Crippen molar-refractivity contribution in [3.63, 3.8) is 0 Å². The number of rotatable bonds is 11. The highest BCUT2D eigenvalue weighted by Gasteiger charge is 2.32. The molecule has 0 radical (unpaired) electrons. The number of benzene rings is 1. The van der Waals surface area contributed by atoms with Crippen molar-refractivity contribution in [2.24, 2.45) is 0 Å². The first-order chi connectivity index (χ1) is 12.5. The minimum atomic E-state index is -0.964. The van der Waals surface area contributed by atoms with Crippen LogP contribution in [0, 0.1) is 0 Å². The van der Waals surface area contributed by atoms with E-state index >= 15 is 0 Å². The molecule has 8 nitrogen and oxygen atoms in total. The molecule has 0 unspecified atom stereocenters. The average Bonchev–Trinajstić information content (AvgIpc) is 3.45. The fourth-order valence-corrected chi connectivity index (χ4v) is 2.48. The predicted molar refractivity (Wildman–Crippen MR) is 93.1 cm³/mol. The van der Waals surface area contributed by atoms with Gasteiger partial charge in [-0.05, 0) is 25.0 Å². The Labute approximate surface area is 152 Å². The van der Waals surface area contributed by atoms with Crippen molar-refractivity contribution in [2.45, 2.75) is 31.7 Å². The first-order valence-corrected chi connectivity index (χ1v) is 8.55. The zero-order valence-electron chi connectivity index (χ0n) is 14.8. The number of ether oxygens (including phenoxy) is 2. The van der Waals surface area contributed by atoms with Gasteiger partial charge in [0.15, 0.2) is 18.1 Å². The van der Waals surface area contributed by atoms with Crippen molar-refractivity contribution < 1.29 is 29.0 Å². The van der Waals surface area contributed by atoms with Crippen molar-refractivity contribution in [2.75, 3.05) is 26.8 Å². The summed E-state index contributed by atoms with van der Waals surface area (Å²) in [4.78, 5) is 36.3. The number of carbonyl (C=O) groups excluding carboxylic acids is 2. The van der Waals surface area contributed by atoms with Crippen LogP contribution < -0.4 is 14.8 Å². The summed E-state index contributed by atoms with van der Waals surface area (Å²) in [5.74, 6) is -0.373. The molecule has 0 atom stereocenters. The average molecular weight is 364 g/mol. The van der Waals surface area contributed by atoms with E-state index < -0.39 is 5.97 Å². The molecule has 2 amide bonds. The largest absolute Gasteiger partial charge is 0.493 e. The summed E-state index contributed by atoms with van der Waals surface area (Å²) in [6.07, 6.45) is 1.85. The molecule has 0 aromatic heterocycles. The van der Waals surface area contributed by atoms with Crippen LogP contribution >= 0.6 is 0 Å². The van der Waals surface area contributed by atoms with Gasteiger partial charge < -0.3 is 24.8 Å². The molecule has 1 aromatic carbocycles. The van der Waals surface area contributed by atoms with E-state index in [-0.39, 0.29) is 50.4 Å². The molecular formula is C18H24N2O6. The van der Waals surface area contributed by atoms with Gasteiger partial charge in [0.2, 0.25) is 5.91 Å². The molecular weight excluding hydrogens is 340 g/mol. The molecule has 1 aliphatic rings. The summed E-state index contributed by atoms with van der Waals surface area (Å²) in [5, 5.41) is 11.1. The molecule has 0 saturated heterocycles. The minimum absolute atomic E-state index is 0.0858. The summed E-state index contributed by atoms with van der Waals surface area (Å²) >= 11 is 0. The van der Waals surface area contributed by atoms with Gasteiger partial charge >= 0.3 is 5.97 Å². The lowest BCUT2D eigenvalue weighted by Gasteiger charge is -2.22. The topological polar surface area (TPSA) is 105 Å². The van der Waals surface area contributed by atoms with Gasteiger partial charge in [-0.3, -0.25) is 14.4 Å². The highest BCUT2D eigenvalue weighted by Crippen LogP contribution is 2.28. The molecule has 1 aromatic rings. The second-order valence-electron chi connectivity index (χ2n) is 6.00. The Kier molecular flexibility index (Phi) is 7.25. The second-order valence-corrected chi connectivity index (χ2v) is 6.00. The highest BCUT2D eigenvalue weighted by atomic mass is 16.5. The maximum Gasteiger partial charge on any atom is 0.305 e. The maximum absolute atomic E-state index is 12.5. The molecule has 1 fully saturated rings. The van der Waals surface area contributed by atoms with Crippen molar-refractivity contribution in [3.05, 3.63) is 24.3 Å². The van der Waals surface area contributed by atoms with Crippen LogP contribution in [0.15, 0.2) is 24.3 Å². The van der Waals surface area contributed by atoms with Crippen LogP contribution in [0.25, 0.3) is 0 Å². The molecule has 0 bridgehead atoms. The molecule has 0 aliphatic heterocycles. The van der Waals surface area contributed by atoms with Crippen LogP contribution in [0.5, 0.6) is 11.5 Å². The zero-order chi connectivity index (χ0) is 18.9. The van der Waals surface area contributed by atoms with Crippen LogP contribution in [-0.4, -0.2) is 60.6 Å². The van der Waals surface area contributed by atoms with Gasteiger partial charge in [0.05, 0.1) is 13.5 Å². The normalized spacial score (nSPS) is 13.0. The molecule has 2 N–H and O–H groups in total. The number of aliphatic carboxylic acids is 1. The van der Waals surface area contributed by atoms with Crippen LogP contribution in [-0.2, 0) is 14.4 Å². The lowest BCUT2D eigenvalue weighted by molar-refractivity contribution is -0.137. The van der Waals surface area contributed by atoms with E-state index in [1.165, 1.54) is 7.11 Å². The van der Waals surface area contributed by atoms with Gasteiger partial charge in [0.25, 0.3) is 5.91 Å². The number of carboxylic acids is 1. The number of methoxy groups -OCH3 is 1. The number of amides is 2.